The van der Waals surface area contributed by atoms with E-state index in [2.05, 4.69) is 10.3 Å². The first-order chi connectivity index (χ1) is 16.4. The summed E-state index contributed by atoms with van der Waals surface area (Å²) >= 11 is 0. The lowest BCUT2D eigenvalue weighted by Gasteiger charge is -2.25. The minimum absolute atomic E-state index is 0.0809. The number of aromatic nitrogens is 1. The summed E-state index contributed by atoms with van der Waals surface area (Å²) in [5.41, 5.74) is 0.820. The molecule has 0 spiro atoms. The summed E-state index contributed by atoms with van der Waals surface area (Å²) in [6.07, 6.45) is 3.14. The Morgan fingerprint density at radius 2 is 1.68 bits per heavy atom. The van der Waals surface area contributed by atoms with Crippen LogP contribution in [0.4, 0.5) is 11.4 Å². The van der Waals surface area contributed by atoms with Gasteiger partial charge in [0.15, 0.2) is 0 Å². The number of amides is 1. The summed E-state index contributed by atoms with van der Waals surface area (Å²) in [4.78, 5) is 17.1. The number of ether oxygens (including phenoxy) is 2. The van der Waals surface area contributed by atoms with E-state index in [0.29, 0.717) is 33.6 Å². The van der Waals surface area contributed by atoms with Crippen LogP contribution in [-0.4, -0.2) is 40.1 Å². The quantitative estimate of drug-likeness (QED) is 0.411. The third kappa shape index (κ3) is 4.79. The monoisotopic (exact) mass is 477 g/mol. The molecule has 1 aromatic heterocycles. The smallest absolute Gasteiger partial charge is 0.265 e. The van der Waals surface area contributed by atoms with E-state index in [9.17, 15) is 13.2 Å². The van der Waals surface area contributed by atoms with Crippen LogP contribution in [-0.2, 0) is 14.8 Å². The SMILES string of the molecule is COc1ccc(N(CC(=O)Nc2cccc(OC)c2)S(=O)(=O)c2cccc3cnccc23)cc1. The van der Waals surface area contributed by atoms with Crippen molar-refractivity contribution in [2.24, 2.45) is 0 Å². The van der Waals surface area contributed by atoms with Crippen molar-refractivity contribution in [1.82, 2.24) is 4.98 Å². The standard InChI is InChI=1S/C25H23N3O5S/c1-32-21-11-9-20(10-12-21)28(17-25(29)27-19-6-4-7-22(15-19)33-2)34(30,31)24-8-3-5-18-16-26-14-13-23(18)24/h3-16H,17H2,1-2H3,(H,27,29). The fraction of sp³-hybridized carbons (Fsp3) is 0.120. The number of hydrogen-bond acceptors (Lipinski definition) is 6. The van der Waals surface area contributed by atoms with Crippen molar-refractivity contribution in [2.45, 2.75) is 4.90 Å². The van der Waals surface area contributed by atoms with Crippen molar-refractivity contribution in [3.8, 4) is 11.5 Å². The van der Waals surface area contributed by atoms with Crippen LogP contribution in [0.1, 0.15) is 0 Å². The molecule has 1 amide bonds. The molecule has 0 aliphatic rings. The minimum Gasteiger partial charge on any atom is -0.497 e. The van der Waals surface area contributed by atoms with E-state index >= 15 is 0 Å². The number of hydrogen-bond donors (Lipinski definition) is 1. The third-order valence-electron chi connectivity index (χ3n) is 5.21. The third-order valence-corrected chi connectivity index (χ3v) is 7.04. The van der Waals surface area contributed by atoms with Gasteiger partial charge in [-0.3, -0.25) is 14.1 Å². The number of fused-ring (bicyclic) bond motifs is 1. The number of pyridine rings is 1. The molecule has 1 N–H and O–H groups in total. The van der Waals surface area contributed by atoms with Crippen LogP contribution in [0.3, 0.4) is 0 Å². The molecule has 3 aromatic carbocycles. The first-order valence-electron chi connectivity index (χ1n) is 10.4. The molecule has 8 nitrogen and oxygen atoms in total. The van der Waals surface area contributed by atoms with Gasteiger partial charge in [0.25, 0.3) is 10.0 Å². The van der Waals surface area contributed by atoms with Crippen molar-refractivity contribution in [3.63, 3.8) is 0 Å². The van der Waals surface area contributed by atoms with E-state index in [-0.39, 0.29) is 4.90 Å². The topological polar surface area (TPSA) is 97.8 Å². The fourth-order valence-corrected chi connectivity index (χ4v) is 5.17. The average molecular weight is 478 g/mol. The lowest BCUT2D eigenvalue weighted by atomic mass is 10.2. The Morgan fingerprint density at radius 1 is 0.941 bits per heavy atom. The Labute approximate surface area is 197 Å². The van der Waals surface area contributed by atoms with Crippen LogP contribution >= 0.6 is 0 Å². The molecular weight excluding hydrogens is 454 g/mol. The molecule has 0 saturated heterocycles. The summed E-state index contributed by atoms with van der Waals surface area (Å²) in [5.74, 6) is 0.634. The number of benzene rings is 3. The van der Waals surface area contributed by atoms with Gasteiger partial charge in [-0.05, 0) is 48.5 Å². The number of carbonyl (C=O) groups is 1. The molecule has 1 heterocycles. The van der Waals surface area contributed by atoms with Gasteiger partial charge < -0.3 is 14.8 Å². The summed E-state index contributed by atoms with van der Waals surface area (Å²) < 4.78 is 39.2. The number of carbonyl (C=O) groups excluding carboxylic acids is 1. The van der Waals surface area contributed by atoms with E-state index in [1.807, 2.05) is 0 Å². The molecule has 34 heavy (non-hydrogen) atoms. The molecule has 4 rings (SSSR count). The van der Waals surface area contributed by atoms with Crippen LogP contribution in [0.2, 0.25) is 0 Å². The van der Waals surface area contributed by atoms with Gasteiger partial charge in [-0.2, -0.15) is 0 Å². The van der Waals surface area contributed by atoms with E-state index < -0.39 is 22.5 Å². The maximum atomic E-state index is 13.9. The summed E-state index contributed by atoms with van der Waals surface area (Å²) in [7, 11) is -1.07. The summed E-state index contributed by atoms with van der Waals surface area (Å²) in [6.45, 7) is -0.437. The highest BCUT2D eigenvalue weighted by atomic mass is 32.2. The molecule has 174 valence electrons. The predicted octanol–water partition coefficient (Wildman–Crippen LogP) is 4.09. The van der Waals surface area contributed by atoms with Crippen molar-refractivity contribution in [1.29, 1.82) is 0 Å². The van der Waals surface area contributed by atoms with E-state index in [1.165, 1.54) is 26.5 Å². The van der Waals surface area contributed by atoms with E-state index in [4.69, 9.17) is 9.47 Å². The Morgan fingerprint density at radius 3 is 2.41 bits per heavy atom. The lowest BCUT2D eigenvalue weighted by Crippen LogP contribution is -2.38. The van der Waals surface area contributed by atoms with Gasteiger partial charge in [-0.25, -0.2) is 8.42 Å². The number of sulfonamides is 1. The first kappa shape index (κ1) is 23.1. The molecular formula is C25H23N3O5S. The number of methoxy groups -OCH3 is 2. The Hall–Kier alpha value is -4.11. The zero-order valence-corrected chi connectivity index (χ0v) is 19.5. The van der Waals surface area contributed by atoms with Crippen LogP contribution < -0.4 is 19.1 Å². The maximum Gasteiger partial charge on any atom is 0.265 e. The van der Waals surface area contributed by atoms with E-state index in [1.54, 1.807) is 72.9 Å². The van der Waals surface area contributed by atoms with Crippen LogP contribution in [0, 0.1) is 0 Å². The van der Waals surface area contributed by atoms with Gasteiger partial charge in [0.2, 0.25) is 5.91 Å². The highest BCUT2D eigenvalue weighted by Gasteiger charge is 2.29. The Kier molecular flexibility index (Phi) is 6.65. The van der Waals surface area contributed by atoms with Crippen molar-refractivity contribution in [3.05, 3.63) is 85.2 Å². The van der Waals surface area contributed by atoms with Gasteiger partial charge >= 0.3 is 0 Å². The summed E-state index contributed by atoms with van der Waals surface area (Å²) in [6, 6.07) is 19.9. The van der Waals surface area contributed by atoms with Gasteiger partial charge in [0, 0.05) is 34.9 Å². The molecule has 0 unspecified atom stereocenters. The zero-order chi connectivity index (χ0) is 24.1. The largest absolute Gasteiger partial charge is 0.497 e. The number of rotatable bonds is 8. The molecule has 4 aromatic rings. The number of nitrogens with zero attached hydrogens (tertiary/aromatic N) is 2. The lowest BCUT2D eigenvalue weighted by molar-refractivity contribution is -0.114. The normalized spacial score (nSPS) is 11.1. The van der Waals surface area contributed by atoms with Crippen molar-refractivity contribution < 1.29 is 22.7 Å². The minimum atomic E-state index is -4.12. The predicted molar refractivity (Wildman–Crippen MR) is 131 cm³/mol. The average Bonchev–Trinajstić information content (AvgIpc) is 2.87. The highest BCUT2D eigenvalue weighted by Crippen LogP contribution is 2.30. The first-order valence-corrected chi connectivity index (χ1v) is 11.8. The number of nitrogens with one attached hydrogen (secondary N) is 1. The summed E-state index contributed by atoms with van der Waals surface area (Å²) in [5, 5.41) is 3.94. The van der Waals surface area contributed by atoms with E-state index in [0.717, 1.165) is 4.31 Å². The van der Waals surface area contributed by atoms with Crippen molar-refractivity contribution in [2.75, 3.05) is 30.4 Å². The van der Waals surface area contributed by atoms with Crippen LogP contribution in [0.15, 0.2) is 90.1 Å². The molecule has 0 bridgehead atoms. The molecule has 0 aliphatic heterocycles. The Balaban J connectivity index is 1.73. The molecule has 9 heteroatoms. The molecule has 0 atom stereocenters. The highest BCUT2D eigenvalue weighted by molar-refractivity contribution is 7.93. The van der Waals surface area contributed by atoms with Gasteiger partial charge in [-0.1, -0.05) is 18.2 Å². The van der Waals surface area contributed by atoms with Gasteiger partial charge in [-0.15, -0.1) is 0 Å². The van der Waals surface area contributed by atoms with Crippen molar-refractivity contribution >= 4 is 38.1 Å². The molecule has 0 saturated carbocycles. The van der Waals surface area contributed by atoms with Gasteiger partial charge in [0.05, 0.1) is 24.8 Å². The second-order valence-electron chi connectivity index (χ2n) is 7.34. The number of anilines is 2. The zero-order valence-electron chi connectivity index (χ0n) is 18.6. The van der Waals surface area contributed by atoms with Crippen LogP contribution in [0.25, 0.3) is 10.8 Å². The van der Waals surface area contributed by atoms with Crippen LogP contribution in [0.5, 0.6) is 11.5 Å². The second-order valence-corrected chi connectivity index (χ2v) is 9.17. The second kappa shape index (κ2) is 9.80. The molecule has 0 aliphatic carbocycles. The maximum absolute atomic E-state index is 13.9. The Bertz CT molecular complexity index is 1420. The fourth-order valence-electron chi connectivity index (χ4n) is 3.53. The van der Waals surface area contributed by atoms with Gasteiger partial charge in [0.1, 0.15) is 18.0 Å². The molecule has 0 fully saturated rings. The molecule has 0 radical (unpaired) electrons.